The van der Waals surface area contributed by atoms with E-state index in [4.69, 9.17) is 4.52 Å². The molecule has 0 bridgehead atoms. The summed E-state index contributed by atoms with van der Waals surface area (Å²) in [5.41, 5.74) is 0.0611. The maximum absolute atomic E-state index is 13.4. The van der Waals surface area contributed by atoms with Crippen molar-refractivity contribution in [3.63, 3.8) is 0 Å². The Morgan fingerprint density at radius 1 is 1.17 bits per heavy atom. The van der Waals surface area contributed by atoms with Gasteiger partial charge in [-0.2, -0.15) is 0 Å². The van der Waals surface area contributed by atoms with Gasteiger partial charge >= 0.3 is 0 Å². The molecule has 0 spiro atoms. The van der Waals surface area contributed by atoms with Gasteiger partial charge in [-0.3, -0.25) is 10.1 Å². The molecule has 1 N–H and O–H groups in total. The van der Waals surface area contributed by atoms with Gasteiger partial charge in [0.1, 0.15) is 17.3 Å². The van der Waals surface area contributed by atoms with Crippen LogP contribution in [0, 0.1) is 21.7 Å². The van der Waals surface area contributed by atoms with E-state index in [0.717, 1.165) is 12.1 Å². The Hall–Kier alpha value is -3.13. The van der Waals surface area contributed by atoms with Crippen LogP contribution in [0.25, 0.3) is 22.6 Å². The summed E-state index contributed by atoms with van der Waals surface area (Å²) in [6, 6.07) is 8.53. The van der Waals surface area contributed by atoms with Crippen molar-refractivity contribution in [2.24, 2.45) is 0 Å². The molecule has 1 heterocycles. The van der Waals surface area contributed by atoms with Crippen molar-refractivity contribution in [2.45, 2.75) is 6.61 Å². The number of para-hydroxylation sites is 1. The predicted molar refractivity (Wildman–Crippen MR) is 79.9 cm³/mol. The maximum atomic E-state index is 13.4. The minimum atomic E-state index is -0.816. The summed E-state index contributed by atoms with van der Waals surface area (Å²) >= 11 is 0. The lowest BCUT2D eigenvalue weighted by Crippen LogP contribution is -1.94. The van der Waals surface area contributed by atoms with Crippen molar-refractivity contribution in [3.05, 3.63) is 69.8 Å². The van der Waals surface area contributed by atoms with Gasteiger partial charge in [-0.25, -0.2) is 8.78 Å². The van der Waals surface area contributed by atoms with Crippen LogP contribution in [0.5, 0.6) is 0 Å². The molecule has 0 amide bonds. The van der Waals surface area contributed by atoms with Crippen LogP contribution in [0.4, 0.5) is 14.5 Å². The molecule has 3 aromatic rings. The number of nitro groups is 1. The highest BCUT2D eigenvalue weighted by molar-refractivity contribution is 5.77. The molecule has 122 valence electrons. The number of nitro benzene ring substituents is 1. The Labute approximate surface area is 134 Å². The topological polar surface area (TPSA) is 89.4 Å². The number of benzene rings is 2. The van der Waals surface area contributed by atoms with Gasteiger partial charge < -0.3 is 9.63 Å². The van der Waals surface area contributed by atoms with E-state index in [1.165, 1.54) is 18.2 Å². The minimum Gasteiger partial charge on any atom is -0.391 e. The maximum Gasteiger partial charge on any atom is 0.280 e. The van der Waals surface area contributed by atoms with Crippen molar-refractivity contribution in [1.29, 1.82) is 0 Å². The molecule has 0 unspecified atom stereocenters. The molecule has 8 heteroatoms. The number of aliphatic hydroxyl groups is 1. The third-order valence-electron chi connectivity index (χ3n) is 3.43. The molecule has 0 radical (unpaired) electrons. The average molecular weight is 332 g/mol. The van der Waals surface area contributed by atoms with Gasteiger partial charge in [0.2, 0.25) is 0 Å². The molecule has 0 saturated carbocycles. The fraction of sp³-hybridized carbons (Fsp3) is 0.0625. The van der Waals surface area contributed by atoms with E-state index in [0.29, 0.717) is 6.07 Å². The molecular weight excluding hydrogens is 322 g/mol. The fourth-order valence-corrected chi connectivity index (χ4v) is 2.41. The van der Waals surface area contributed by atoms with Gasteiger partial charge in [0, 0.05) is 17.7 Å². The predicted octanol–water partition coefficient (Wildman–Crippen LogP) is 3.69. The van der Waals surface area contributed by atoms with Crippen molar-refractivity contribution < 1.29 is 23.3 Å². The Bertz CT molecular complexity index is 904. The second-order valence-corrected chi connectivity index (χ2v) is 4.93. The molecule has 3 rings (SSSR count). The van der Waals surface area contributed by atoms with Gasteiger partial charge in [-0.1, -0.05) is 17.3 Å². The van der Waals surface area contributed by atoms with E-state index in [-0.39, 0.29) is 33.8 Å². The summed E-state index contributed by atoms with van der Waals surface area (Å²) in [5.74, 6) is -1.65. The number of rotatable bonds is 4. The van der Waals surface area contributed by atoms with Crippen LogP contribution >= 0.6 is 0 Å². The van der Waals surface area contributed by atoms with Crippen molar-refractivity contribution in [3.8, 4) is 22.6 Å². The summed E-state index contributed by atoms with van der Waals surface area (Å²) in [6.07, 6.45) is 0. The molecule has 0 atom stereocenters. The zero-order valence-electron chi connectivity index (χ0n) is 12.1. The molecule has 24 heavy (non-hydrogen) atoms. The molecular formula is C16H10F2N2O4. The highest BCUT2D eigenvalue weighted by Gasteiger charge is 2.24. The van der Waals surface area contributed by atoms with Crippen molar-refractivity contribution in [1.82, 2.24) is 5.16 Å². The molecule has 0 aliphatic rings. The summed E-state index contributed by atoms with van der Waals surface area (Å²) in [6.45, 7) is -0.571. The summed E-state index contributed by atoms with van der Waals surface area (Å²) in [4.78, 5) is 10.5. The first-order valence-corrected chi connectivity index (χ1v) is 6.81. The van der Waals surface area contributed by atoms with Gasteiger partial charge in [-0.05, 0) is 18.2 Å². The van der Waals surface area contributed by atoms with E-state index >= 15 is 0 Å². The quantitative estimate of drug-likeness (QED) is 0.581. The number of hydrogen-bond donors (Lipinski definition) is 1. The smallest absolute Gasteiger partial charge is 0.280 e. The standard InChI is InChI=1S/C16H10F2N2O4/c17-10-5-9(6-11(18)7-10)15-13(8-21)16(24-19-15)12-3-1-2-4-14(12)20(22)23/h1-7,21H,8H2. The monoisotopic (exact) mass is 332 g/mol. The molecule has 0 aliphatic carbocycles. The lowest BCUT2D eigenvalue weighted by atomic mass is 10.0. The lowest BCUT2D eigenvalue weighted by Gasteiger charge is -2.03. The first-order chi connectivity index (χ1) is 11.5. The van der Waals surface area contributed by atoms with Crippen LogP contribution in [0.1, 0.15) is 5.56 Å². The second kappa shape index (κ2) is 6.17. The molecule has 6 nitrogen and oxygen atoms in total. The zero-order chi connectivity index (χ0) is 17.3. The third-order valence-corrected chi connectivity index (χ3v) is 3.43. The van der Waals surface area contributed by atoms with E-state index in [1.807, 2.05) is 0 Å². The lowest BCUT2D eigenvalue weighted by molar-refractivity contribution is -0.384. The fourth-order valence-electron chi connectivity index (χ4n) is 2.41. The van der Waals surface area contributed by atoms with Crippen LogP contribution in [-0.4, -0.2) is 15.2 Å². The van der Waals surface area contributed by atoms with Crippen LogP contribution in [0.3, 0.4) is 0 Å². The first kappa shape index (κ1) is 15.8. The normalized spacial score (nSPS) is 10.8. The third kappa shape index (κ3) is 2.74. The number of aromatic nitrogens is 1. The Kier molecular flexibility index (Phi) is 4.05. The SMILES string of the molecule is O=[N+]([O-])c1ccccc1-c1onc(-c2cc(F)cc(F)c2)c1CO. The summed E-state index contributed by atoms with van der Waals surface area (Å²) < 4.78 is 31.9. The molecule has 1 aromatic heterocycles. The Morgan fingerprint density at radius 3 is 2.46 bits per heavy atom. The van der Waals surface area contributed by atoms with Crippen molar-refractivity contribution in [2.75, 3.05) is 0 Å². The molecule has 2 aromatic carbocycles. The van der Waals surface area contributed by atoms with Crippen LogP contribution in [-0.2, 0) is 6.61 Å². The highest BCUT2D eigenvalue weighted by atomic mass is 19.1. The Balaban J connectivity index is 2.20. The zero-order valence-corrected chi connectivity index (χ0v) is 12.1. The second-order valence-electron chi connectivity index (χ2n) is 4.93. The van der Waals surface area contributed by atoms with E-state index in [1.54, 1.807) is 6.07 Å². The van der Waals surface area contributed by atoms with E-state index in [2.05, 4.69) is 5.16 Å². The minimum absolute atomic E-state index is 0.0176. The average Bonchev–Trinajstić information content (AvgIpc) is 2.97. The summed E-state index contributed by atoms with van der Waals surface area (Å²) in [7, 11) is 0. The van der Waals surface area contributed by atoms with Gasteiger partial charge in [-0.15, -0.1) is 0 Å². The van der Waals surface area contributed by atoms with E-state index in [9.17, 15) is 24.0 Å². The van der Waals surface area contributed by atoms with Gasteiger partial charge in [0.25, 0.3) is 5.69 Å². The number of halogens is 2. The largest absolute Gasteiger partial charge is 0.391 e. The van der Waals surface area contributed by atoms with Crippen LogP contribution in [0.2, 0.25) is 0 Å². The number of aliphatic hydroxyl groups excluding tert-OH is 1. The number of nitrogens with zero attached hydrogens (tertiary/aromatic N) is 2. The summed E-state index contributed by atoms with van der Waals surface area (Å²) in [5, 5.41) is 24.5. The first-order valence-electron chi connectivity index (χ1n) is 6.81. The Morgan fingerprint density at radius 2 is 1.83 bits per heavy atom. The molecule has 0 fully saturated rings. The highest BCUT2D eigenvalue weighted by Crippen LogP contribution is 2.37. The molecule has 0 saturated heterocycles. The number of hydrogen-bond acceptors (Lipinski definition) is 5. The van der Waals surface area contributed by atoms with E-state index < -0.39 is 23.2 Å². The van der Waals surface area contributed by atoms with Crippen LogP contribution in [0.15, 0.2) is 47.0 Å². The van der Waals surface area contributed by atoms with Gasteiger partial charge in [0.05, 0.1) is 22.7 Å². The van der Waals surface area contributed by atoms with Gasteiger partial charge in [0.15, 0.2) is 5.76 Å². The molecule has 0 aliphatic heterocycles. The van der Waals surface area contributed by atoms with Crippen LogP contribution < -0.4 is 0 Å². The van der Waals surface area contributed by atoms with Crippen molar-refractivity contribution >= 4 is 5.69 Å².